The van der Waals surface area contributed by atoms with Crippen LogP contribution in [0.2, 0.25) is 0 Å². The summed E-state index contributed by atoms with van der Waals surface area (Å²) < 4.78 is 6.74. The van der Waals surface area contributed by atoms with Gasteiger partial charge in [0.1, 0.15) is 5.69 Å². The van der Waals surface area contributed by atoms with Gasteiger partial charge in [-0.25, -0.2) is 0 Å². The number of aryl methyl sites for hydroxylation is 1. The van der Waals surface area contributed by atoms with Crippen LogP contribution in [0.15, 0.2) is 47.1 Å². The van der Waals surface area contributed by atoms with Crippen molar-refractivity contribution in [3.05, 3.63) is 54.1 Å². The van der Waals surface area contributed by atoms with Crippen LogP contribution in [0.1, 0.15) is 16.3 Å². The van der Waals surface area contributed by atoms with Gasteiger partial charge >= 0.3 is 0 Å². The first-order valence-electron chi connectivity index (χ1n) is 6.88. The van der Waals surface area contributed by atoms with Crippen LogP contribution in [0.4, 0.5) is 0 Å². The molecular formula is C15H15N5O2. The molecule has 0 spiro atoms. The summed E-state index contributed by atoms with van der Waals surface area (Å²) in [7, 11) is 1.72. The average Bonchev–Trinajstić information content (AvgIpc) is 3.17. The van der Waals surface area contributed by atoms with Gasteiger partial charge in [-0.15, -0.1) is 0 Å². The smallest absolute Gasteiger partial charge is 0.269 e. The van der Waals surface area contributed by atoms with E-state index in [1.165, 1.54) is 4.68 Å². The summed E-state index contributed by atoms with van der Waals surface area (Å²) in [6, 6.07) is 11.2. The number of rotatable bonds is 5. The monoisotopic (exact) mass is 297 g/mol. The van der Waals surface area contributed by atoms with Gasteiger partial charge in [-0.1, -0.05) is 23.4 Å². The van der Waals surface area contributed by atoms with Gasteiger partial charge in [0.15, 0.2) is 5.82 Å². The van der Waals surface area contributed by atoms with Crippen LogP contribution in [0.5, 0.6) is 0 Å². The Hall–Kier alpha value is -2.96. The molecule has 7 nitrogen and oxygen atoms in total. The van der Waals surface area contributed by atoms with E-state index >= 15 is 0 Å². The zero-order valence-corrected chi connectivity index (χ0v) is 12.1. The number of hydrogen-bond donors (Lipinski definition) is 1. The Kier molecular flexibility index (Phi) is 3.95. The molecular weight excluding hydrogens is 282 g/mol. The van der Waals surface area contributed by atoms with E-state index in [1.54, 1.807) is 19.3 Å². The van der Waals surface area contributed by atoms with E-state index in [0.29, 0.717) is 30.4 Å². The second-order valence-corrected chi connectivity index (χ2v) is 4.73. The van der Waals surface area contributed by atoms with Gasteiger partial charge in [0.2, 0.25) is 0 Å². The Balaban J connectivity index is 1.56. The van der Waals surface area contributed by atoms with Crippen molar-refractivity contribution in [2.24, 2.45) is 7.05 Å². The highest BCUT2D eigenvalue weighted by molar-refractivity contribution is 5.92. The molecule has 0 bridgehead atoms. The first-order valence-corrected chi connectivity index (χ1v) is 6.88. The molecule has 1 aromatic carbocycles. The Morgan fingerprint density at radius 3 is 2.82 bits per heavy atom. The van der Waals surface area contributed by atoms with Crippen molar-refractivity contribution in [2.45, 2.75) is 6.42 Å². The van der Waals surface area contributed by atoms with Crippen LogP contribution in [0.25, 0.3) is 11.5 Å². The molecule has 0 aliphatic rings. The molecule has 0 saturated heterocycles. The lowest BCUT2D eigenvalue weighted by Gasteiger charge is -2.03. The quantitative estimate of drug-likeness (QED) is 0.770. The molecule has 0 saturated carbocycles. The maximum absolute atomic E-state index is 11.9. The van der Waals surface area contributed by atoms with Crippen LogP contribution in [-0.4, -0.2) is 32.4 Å². The molecule has 1 amide bonds. The predicted octanol–water partition coefficient (Wildman–Crippen LogP) is 1.44. The highest BCUT2D eigenvalue weighted by Crippen LogP contribution is 2.15. The normalized spacial score (nSPS) is 10.6. The highest BCUT2D eigenvalue weighted by Gasteiger charge is 2.11. The van der Waals surface area contributed by atoms with Gasteiger partial charge in [-0.05, 0) is 18.2 Å². The van der Waals surface area contributed by atoms with Crippen LogP contribution in [0, 0.1) is 0 Å². The van der Waals surface area contributed by atoms with Crippen molar-refractivity contribution in [3.63, 3.8) is 0 Å². The van der Waals surface area contributed by atoms with E-state index in [2.05, 4.69) is 20.6 Å². The fourth-order valence-corrected chi connectivity index (χ4v) is 2.03. The molecule has 0 fully saturated rings. The number of nitrogens with zero attached hydrogens (tertiary/aromatic N) is 4. The first kappa shape index (κ1) is 14.0. The summed E-state index contributed by atoms with van der Waals surface area (Å²) in [5, 5.41) is 10.7. The topological polar surface area (TPSA) is 85.8 Å². The van der Waals surface area contributed by atoms with Gasteiger partial charge < -0.3 is 9.84 Å². The average molecular weight is 297 g/mol. The summed E-state index contributed by atoms with van der Waals surface area (Å²) in [6.07, 6.45) is 2.08. The Morgan fingerprint density at radius 1 is 1.27 bits per heavy atom. The summed E-state index contributed by atoms with van der Waals surface area (Å²) >= 11 is 0. The molecule has 0 aliphatic carbocycles. The fourth-order valence-electron chi connectivity index (χ4n) is 2.03. The largest absolute Gasteiger partial charge is 0.350 e. The molecule has 3 aromatic rings. The molecule has 2 heterocycles. The molecule has 2 aromatic heterocycles. The molecule has 0 atom stereocenters. The zero-order chi connectivity index (χ0) is 15.4. The number of hydrogen-bond acceptors (Lipinski definition) is 5. The molecule has 3 rings (SSSR count). The molecule has 112 valence electrons. The second kappa shape index (κ2) is 6.21. The summed E-state index contributed by atoms with van der Waals surface area (Å²) in [5.74, 6) is 0.865. The van der Waals surface area contributed by atoms with Crippen molar-refractivity contribution >= 4 is 5.91 Å². The summed E-state index contributed by atoms with van der Waals surface area (Å²) in [6.45, 7) is 0.428. The number of amides is 1. The van der Waals surface area contributed by atoms with Gasteiger partial charge in [0, 0.05) is 31.8 Å². The predicted molar refractivity (Wildman–Crippen MR) is 79.0 cm³/mol. The van der Waals surface area contributed by atoms with Crippen molar-refractivity contribution in [3.8, 4) is 11.5 Å². The van der Waals surface area contributed by atoms with Crippen molar-refractivity contribution in [1.82, 2.24) is 25.2 Å². The van der Waals surface area contributed by atoms with Crippen molar-refractivity contribution in [1.29, 1.82) is 0 Å². The fraction of sp³-hybridized carbons (Fsp3) is 0.200. The van der Waals surface area contributed by atoms with E-state index in [-0.39, 0.29) is 5.91 Å². The van der Waals surface area contributed by atoms with Crippen molar-refractivity contribution in [2.75, 3.05) is 6.54 Å². The van der Waals surface area contributed by atoms with Gasteiger partial charge in [0.05, 0.1) is 0 Å². The number of benzene rings is 1. The molecule has 0 radical (unpaired) electrons. The van der Waals surface area contributed by atoms with E-state index < -0.39 is 0 Å². The van der Waals surface area contributed by atoms with Gasteiger partial charge in [-0.2, -0.15) is 10.1 Å². The minimum Gasteiger partial charge on any atom is -0.350 e. The third-order valence-electron chi connectivity index (χ3n) is 3.18. The number of carbonyl (C=O) groups excluding carboxylic acids is 1. The Labute approximate surface area is 127 Å². The van der Waals surface area contributed by atoms with Gasteiger partial charge in [-0.3, -0.25) is 9.48 Å². The SMILES string of the molecule is Cn1nccc1C(=O)NCCc1noc(-c2ccccc2)n1. The lowest BCUT2D eigenvalue weighted by atomic mass is 10.2. The number of nitrogens with one attached hydrogen (secondary N) is 1. The molecule has 7 heteroatoms. The molecule has 0 unspecified atom stereocenters. The van der Waals surface area contributed by atoms with E-state index in [4.69, 9.17) is 4.52 Å². The van der Waals surface area contributed by atoms with Crippen LogP contribution in [-0.2, 0) is 13.5 Å². The standard InChI is InChI=1S/C15H15N5O2/c1-20-12(7-10-17-20)14(21)16-9-8-13-18-15(22-19-13)11-5-3-2-4-6-11/h2-7,10H,8-9H2,1H3,(H,16,21). The first-order chi connectivity index (χ1) is 10.7. The number of aromatic nitrogens is 4. The van der Waals surface area contributed by atoms with E-state index in [9.17, 15) is 4.79 Å². The van der Waals surface area contributed by atoms with Crippen LogP contribution >= 0.6 is 0 Å². The highest BCUT2D eigenvalue weighted by atomic mass is 16.5. The Morgan fingerprint density at radius 2 is 2.09 bits per heavy atom. The number of carbonyl (C=O) groups is 1. The third kappa shape index (κ3) is 3.03. The third-order valence-corrected chi connectivity index (χ3v) is 3.18. The lowest BCUT2D eigenvalue weighted by molar-refractivity contribution is 0.0944. The molecule has 1 N–H and O–H groups in total. The minimum atomic E-state index is -0.174. The minimum absolute atomic E-state index is 0.174. The van der Waals surface area contributed by atoms with Crippen LogP contribution in [0.3, 0.4) is 0 Å². The lowest BCUT2D eigenvalue weighted by Crippen LogP contribution is -2.27. The summed E-state index contributed by atoms with van der Waals surface area (Å²) in [4.78, 5) is 16.2. The van der Waals surface area contributed by atoms with Crippen LogP contribution < -0.4 is 5.32 Å². The second-order valence-electron chi connectivity index (χ2n) is 4.73. The molecule has 22 heavy (non-hydrogen) atoms. The zero-order valence-electron chi connectivity index (χ0n) is 12.1. The molecule has 0 aliphatic heterocycles. The maximum Gasteiger partial charge on any atom is 0.269 e. The van der Waals surface area contributed by atoms with Gasteiger partial charge in [0.25, 0.3) is 11.8 Å². The summed E-state index contributed by atoms with van der Waals surface area (Å²) in [5.41, 5.74) is 1.39. The van der Waals surface area contributed by atoms with Crippen molar-refractivity contribution < 1.29 is 9.32 Å². The van der Waals surface area contributed by atoms with E-state index in [1.807, 2.05) is 30.3 Å². The maximum atomic E-state index is 11.9. The van der Waals surface area contributed by atoms with E-state index in [0.717, 1.165) is 5.56 Å². The Bertz CT molecular complexity index is 763.